The molecule has 4 heteroatoms. The number of methoxy groups -OCH3 is 1. The van der Waals surface area contributed by atoms with Gasteiger partial charge in [-0.25, -0.2) is 15.0 Å². The molecule has 0 N–H and O–H groups in total. The highest BCUT2D eigenvalue weighted by Gasteiger charge is 2.20. The minimum Gasteiger partial charge on any atom is -0.497 e. The molecule has 2 aromatic heterocycles. The van der Waals surface area contributed by atoms with Gasteiger partial charge in [0.2, 0.25) is 0 Å². The normalized spacial score (nSPS) is 13.4. The summed E-state index contributed by atoms with van der Waals surface area (Å²) in [6, 6.07) is 14.1. The molecule has 4 nitrogen and oxygen atoms in total. The van der Waals surface area contributed by atoms with Gasteiger partial charge in [0, 0.05) is 22.5 Å². The summed E-state index contributed by atoms with van der Waals surface area (Å²) in [6.45, 7) is 1.99. The molecule has 126 valence electrons. The van der Waals surface area contributed by atoms with E-state index in [0.717, 1.165) is 46.9 Å². The first-order valence-electron chi connectivity index (χ1n) is 8.73. The zero-order valence-corrected chi connectivity index (χ0v) is 14.6. The zero-order chi connectivity index (χ0) is 17.2. The Morgan fingerprint density at radius 1 is 0.920 bits per heavy atom. The van der Waals surface area contributed by atoms with Crippen LogP contribution in [0.3, 0.4) is 0 Å². The first-order chi connectivity index (χ1) is 12.2. The van der Waals surface area contributed by atoms with Crippen LogP contribution in [0.15, 0.2) is 42.5 Å². The molecule has 1 aliphatic carbocycles. The van der Waals surface area contributed by atoms with Crippen LogP contribution < -0.4 is 4.74 Å². The SMILES string of the molecule is COc1cccc(-c2nc(-c3cccc(C)n3)nc3c2CCCC3)c1. The number of pyridine rings is 1. The van der Waals surface area contributed by atoms with Crippen LogP contribution in [0.5, 0.6) is 5.75 Å². The highest BCUT2D eigenvalue weighted by molar-refractivity contribution is 5.68. The predicted molar refractivity (Wildman–Crippen MR) is 98.6 cm³/mol. The second-order valence-electron chi connectivity index (χ2n) is 6.42. The molecule has 0 atom stereocenters. The third-order valence-corrected chi connectivity index (χ3v) is 4.64. The monoisotopic (exact) mass is 331 g/mol. The van der Waals surface area contributed by atoms with Crippen molar-refractivity contribution in [1.82, 2.24) is 15.0 Å². The van der Waals surface area contributed by atoms with E-state index in [2.05, 4.69) is 11.1 Å². The quantitative estimate of drug-likeness (QED) is 0.713. The second-order valence-corrected chi connectivity index (χ2v) is 6.42. The summed E-state index contributed by atoms with van der Waals surface area (Å²) < 4.78 is 5.40. The Morgan fingerprint density at radius 3 is 2.60 bits per heavy atom. The third kappa shape index (κ3) is 3.12. The van der Waals surface area contributed by atoms with Gasteiger partial charge in [0.05, 0.1) is 12.8 Å². The van der Waals surface area contributed by atoms with Crippen molar-refractivity contribution >= 4 is 0 Å². The average Bonchev–Trinajstić information content (AvgIpc) is 2.67. The van der Waals surface area contributed by atoms with Crippen molar-refractivity contribution in [1.29, 1.82) is 0 Å². The topological polar surface area (TPSA) is 47.9 Å². The van der Waals surface area contributed by atoms with Crippen LogP contribution in [0.2, 0.25) is 0 Å². The van der Waals surface area contributed by atoms with Gasteiger partial charge in [0.15, 0.2) is 5.82 Å². The molecule has 25 heavy (non-hydrogen) atoms. The van der Waals surface area contributed by atoms with E-state index in [0.29, 0.717) is 5.82 Å². The maximum absolute atomic E-state index is 5.40. The lowest BCUT2D eigenvalue weighted by atomic mass is 9.92. The van der Waals surface area contributed by atoms with Crippen LogP contribution >= 0.6 is 0 Å². The third-order valence-electron chi connectivity index (χ3n) is 4.64. The molecule has 0 bridgehead atoms. The van der Waals surface area contributed by atoms with Gasteiger partial charge in [0.25, 0.3) is 0 Å². The van der Waals surface area contributed by atoms with Crippen molar-refractivity contribution in [3.63, 3.8) is 0 Å². The second kappa shape index (κ2) is 6.63. The summed E-state index contributed by atoms with van der Waals surface area (Å²) in [5.41, 5.74) is 6.34. The number of fused-ring (bicyclic) bond motifs is 1. The molecule has 0 saturated carbocycles. The highest BCUT2D eigenvalue weighted by atomic mass is 16.5. The molecule has 0 radical (unpaired) electrons. The standard InChI is InChI=1S/C21H21N3O/c1-14-7-5-12-19(22-14)21-23-18-11-4-3-10-17(18)20(24-21)15-8-6-9-16(13-15)25-2/h5-9,12-13H,3-4,10-11H2,1-2H3. The molecule has 0 spiro atoms. The van der Waals surface area contributed by atoms with Gasteiger partial charge in [-0.1, -0.05) is 18.2 Å². The fourth-order valence-electron chi connectivity index (χ4n) is 3.39. The van der Waals surface area contributed by atoms with E-state index in [-0.39, 0.29) is 0 Å². The van der Waals surface area contributed by atoms with Crippen LogP contribution in [0.25, 0.3) is 22.8 Å². The number of nitrogens with zero attached hydrogens (tertiary/aromatic N) is 3. The molecule has 0 fully saturated rings. The Morgan fingerprint density at radius 2 is 1.76 bits per heavy atom. The molecule has 2 heterocycles. The van der Waals surface area contributed by atoms with Crippen molar-refractivity contribution in [3.8, 4) is 28.5 Å². The Bertz CT molecular complexity index is 921. The number of hydrogen-bond acceptors (Lipinski definition) is 4. The van der Waals surface area contributed by atoms with Crippen LogP contribution in [0.4, 0.5) is 0 Å². The van der Waals surface area contributed by atoms with Gasteiger partial charge >= 0.3 is 0 Å². The van der Waals surface area contributed by atoms with Crippen LogP contribution in [-0.2, 0) is 12.8 Å². The maximum atomic E-state index is 5.40. The van der Waals surface area contributed by atoms with Gasteiger partial charge < -0.3 is 4.74 Å². The number of aryl methyl sites for hydroxylation is 2. The molecule has 0 unspecified atom stereocenters. The fourth-order valence-corrected chi connectivity index (χ4v) is 3.39. The average molecular weight is 331 g/mol. The Kier molecular flexibility index (Phi) is 4.18. The molecular formula is C21H21N3O. The first-order valence-corrected chi connectivity index (χ1v) is 8.73. The summed E-state index contributed by atoms with van der Waals surface area (Å²) in [6.07, 6.45) is 4.41. The van der Waals surface area contributed by atoms with E-state index in [1.165, 1.54) is 18.4 Å². The lowest BCUT2D eigenvalue weighted by Gasteiger charge is -2.19. The molecule has 0 saturated heterocycles. The van der Waals surface area contributed by atoms with Gasteiger partial charge in [-0.2, -0.15) is 0 Å². The maximum Gasteiger partial charge on any atom is 0.178 e. The zero-order valence-electron chi connectivity index (χ0n) is 14.6. The summed E-state index contributed by atoms with van der Waals surface area (Å²) >= 11 is 0. The van der Waals surface area contributed by atoms with E-state index in [4.69, 9.17) is 14.7 Å². The number of hydrogen-bond donors (Lipinski definition) is 0. The Hall–Kier alpha value is -2.75. The predicted octanol–water partition coefficient (Wildman–Crippen LogP) is 4.40. The van der Waals surface area contributed by atoms with Crippen LogP contribution in [0.1, 0.15) is 29.8 Å². The van der Waals surface area contributed by atoms with E-state index >= 15 is 0 Å². The summed E-state index contributed by atoms with van der Waals surface area (Å²) in [5, 5.41) is 0. The lowest BCUT2D eigenvalue weighted by molar-refractivity contribution is 0.415. The number of rotatable bonds is 3. The smallest absolute Gasteiger partial charge is 0.178 e. The molecular weight excluding hydrogens is 310 g/mol. The molecule has 4 rings (SSSR count). The van der Waals surface area contributed by atoms with Crippen molar-refractivity contribution in [2.75, 3.05) is 7.11 Å². The largest absolute Gasteiger partial charge is 0.497 e. The fraction of sp³-hybridized carbons (Fsp3) is 0.286. The summed E-state index contributed by atoms with van der Waals surface area (Å²) in [7, 11) is 1.69. The van der Waals surface area contributed by atoms with Crippen LogP contribution in [0, 0.1) is 6.92 Å². The van der Waals surface area contributed by atoms with Gasteiger partial charge in [-0.05, 0) is 56.9 Å². The molecule has 3 aromatic rings. The van der Waals surface area contributed by atoms with Crippen molar-refractivity contribution < 1.29 is 4.74 Å². The van der Waals surface area contributed by atoms with Gasteiger partial charge in [0.1, 0.15) is 11.4 Å². The minimum absolute atomic E-state index is 0.710. The van der Waals surface area contributed by atoms with Crippen molar-refractivity contribution in [3.05, 3.63) is 59.4 Å². The van der Waals surface area contributed by atoms with Crippen LogP contribution in [-0.4, -0.2) is 22.1 Å². The summed E-state index contributed by atoms with van der Waals surface area (Å²) in [4.78, 5) is 14.4. The van der Waals surface area contributed by atoms with E-state index in [1.54, 1.807) is 7.11 Å². The molecule has 1 aliphatic rings. The van der Waals surface area contributed by atoms with Crippen molar-refractivity contribution in [2.24, 2.45) is 0 Å². The Balaban J connectivity index is 1.91. The lowest BCUT2D eigenvalue weighted by Crippen LogP contribution is -2.11. The number of benzene rings is 1. The number of aromatic nitrogens is 3. The Labute approximate surface area is 148 Å². The molecule has 1 aromatic carbocycles. The molecule has 0 amide bonds. The minimum atomic E-state index is 0.710. The van der Waals surface area contributed by atoms with E-state index < -0.39 is 0 Å². The number of ether oxygens (including phenoxy) is 1. The molecule has 0 aliphatic heterocycles. The summed E-state index contributed by atoms with van der Waals surface area (Å²) in [5.74, 6) is 1.55. The van der Waals surface area contributed by atoms with Gasteiger partial charge in [-0.15, -0.1) is 0 Å². The van der Waals surface area contributed by atoms with Crippen molar-refractivity contribution in [2.45, 2.75) is 32.6 Å². The highest BCUT2D eigenvalue weighted by Crippen LogP contribution is 2.32. The van der Waals surface area contributed by atoms with E-state index in [9.17, 15) is 0 Å². The van der Waals surface area contributed by atoms with E-state index in [1.807, 2.05) is 43.3 Å². The van der Waals surface area contributed by atoms with Gasteiger partial charge in [-0.3, -0.25) is 0 Å². The first kappa shape index (κ1) is 15.8.